The molecule has 6 nitrogen and oxygen atoms in total. The second-order valence-corrected chi connectivity index (χ2v) is 11.5. The SMILES string of the molecule is Cc1ccc(S(=O)(=O)O)cc1.O=C1CCCCC1S(=O)(=O)CC1CCCCC1. The van der Waals surface area contributed by atoms with Crippen LogP contribution in [0.1, 0.15) is 63.4 Å². The highest BCUT2D eigenvalue weighted by Gasteiger charge is 2.35. The molecule has 2 fully saturated rings. The van der Waals surface area contributed by atoms with E-state index in [1.165, 1.54) is 18.6 Å². The second kappa shape index (κ2) is 9.98. The summed E-state index contributed by atoms with van der Waals surface area (Å²) in [4.78, 5) is 11.6. The first-order valence-corrected chi connectivity index (χ1v) is 13.0. The van der Waals surface area contributed by atoms with Crippen LogP contribution in [0.4, 0.5) is 0 Å². The minimum atomic E-state index is -4.02. The Hall–Kier alpha value is -1.25. The quantitative estimate of drug-likeness (QED) is 0.730. The topological polar surface area (TPSA) is 106 Å². The van der Waals surface area contributed by atoms with E-state index in [2.05, 4.69) is 0 Å². The molecular formula is C20H30O6S2. The summed E-state index contributed by atoms with van der Waals surface area (Å²) in [6.07, 6.45) is 8.38. The number of Topliss-reactive ketones (excluding diaryl/α,β-unsaturated/α-hetero) is 1. The summed E-state index contributed by atoms with van der Waals surface area (Å²) in [6, 6.07) is 5.99. The van der Waals surface area contributed by atoms with Gasteiger partial charge in [0.1, 0.15) is 5.25 Å². The van der Waals surface area contributed by atoms with Crippen LogP contribution in [-0.2, 0) is 24.7 Å². The molecule has 0 radical (unpaired) electrons. The van der Waals surface area contributed by atoms with Crippen molar-refractivity contribution in [3.63, 3.8) is 0 Å². The number of carbonyl (C=O) groups excluding carboxylic acids is 1. The van der Waals surface area contributed by atoms with Crippen molar-refractivity contribution in [3.8, 4) is 0 Å². The first kappa shape index (κ1) is 23.0. The Morgan fingerprint density at radius 2 is 1.46 bits per heavy atom. The lowest BCUT2D eigenvalue weighted by atomic mass is 9.91. The number of hydrogen-bond acceptors (Lipinski definition) is 5. The fourth-order valence-corrected chi connectivity index (χ4v) is 6.59. The maximum absolute atomic E-state index is 12.2. The molecule has 0 aromatic heterocycles. The molecule has 0 spiro atoms. The van der Waals surface area contributed by atoms with Crippen molar-refractivity contribution in [3.05, 3.63) is 29.8 Å². The highest BCUT2D eigenvalue weighted by atomic mass is 32.2. The van der Waals surface area contributed by atoms with Crippen LogP contribution in [0.2, 0.25) is 0 Å². The normalized spacial score (nSPS) is 21.6. The summed E-state index contributed by atoms with van der Waals surface area (Å²) in [6.45, 7) is 1.84. The van der Waals surface area contributed by atoms with Gasteiger partial charge in [-0.3, -0.25) is 9.35 Å². The summed E-state index contributed by atoms with van der Waals surface area (Å²) >= 11 is 0. The lowest BCUT2D eigenvalue weighted by Crippen LogP contribution is -2.36. The molecule has 1 atom stereocenters. The lowest BCUT2D eigenvalue weighted by molar-refractivity contribution is -0.119. The van der Waals surface area contributed by atoms with E-state index in [9.17, 15) is 21.6 Å². The van der Waals surface area contributed by atoms with E-state index in [0.717, 1.165) is 44.1 Å². The van der Waals surface area contributed by atoms with Crippen molar-refractivity contribution in [2.24, 2.45) is 5.92 Å². The number of hydrogen-bond donors (Lipinski definition) is 1. The molecule has 0 heterocycles. The highest BCUT2D eigenvalue weighted by Crippen LogP contribution is 2.28. The molecule has 158 valence electrons. The molecule has 0 saturated heterocycles. The lowest BCUT2D eigenvalue weighted by Gasteiger charge is -2.25. The van der Waals surface area contributed by atoms with Gasteiger partial charge >= 0.3 is 0 Å². The van der Waals surface area contributed by atoms with E-state index in [0.29, 0.717) is 18.8 Å². The van der Waals surface area contributed by atoms with Gasteiger partial charge < -0.3 is 0 Å². The van der Waals surface area contributed by atoms with Gasteiger partial charge in [-0.15, -0.1) is 0 Å². The molecule has 8 heteroatoms. The summed E-state index contributed by atoms with van der Waals surface area (Å²) < 4.78 is 54.0. The van der Waals surface area contributed by atoms with Gasteiger partial charge in [0, 0.05) is 6.42 Å². The first-order chi connectivity index (χ1) is 13.1. The summed E-state index contributed by atoms with van der Waals surface area (Å²) in [5.41, 5.74) is 0.956. The number of rotatable bonds is 4. The predicted molar refractivity (Wildman–Crippen MR) is 109 cm³/mol. The molecule has 28 heavy (non-hydrogen) atoms. The van der Waals surface area contributed by atoms with Crippen molar-refractivity contribution in [2.75, 3.05) is 5.75 Å². The van der Waals surface area contributed by atoms with Crippen LogP contribution in [0, 0.1) is 12.8 Å². The van der Waals surface area contributed by atoms with E-state index < -0.39 is 25.2 Å². The largest absolute Gasteiger partial charge is 0.298 e. The van der Waals surface area contributed by atoms with Gasteiger partial charge in [0.05, 0.1) is 10.6 Å². The van der Waals surface area contributed by atoms with Gasteiger partial charge in [-0.1, -0.05) is 43.4 Å². The Morgan fingerprint density at radius 1 is 0.893 bits per heavy atom. The number of ketones is 1. The van der Waals surface area contributed by atoms with Crippen molar-refractivity contribution in [1.82, 2.24) is 0 Å². The van der Waals surface area contributed by atoms with Crippen LogP contribution in [0.3, 0.4) is 0 Å². The van der Waals surface area contributed by atoms with Crippen LogP contribution in [0.25, 0.3) is 0 Å². The molecule has 2 saturated carbocycles. The molecule has 1 N–H and O–H groups in total. The minimum absolute atomic E-state index is 0.0351. The zero-order chi connectivity index (χ0) is 20.8. The van der Waals surface area contributed by atoms with Gasteiger partial charge in [0.15, 0.2) is 15.6 Å². The van der Waals surface area contributed by atoms with Gasteiger partial charge in [-0.25, -0.2) is 8.42 Å². The third-order valence-corrected chi connectivity index (χ3v) is 8.61. The van der Waals surface area contributed by atoms with Crippen molar-refractivity contribution < 1.29 is 26.2 Å². The zero-order valence-corrected chi connectivity index (χ0v) is 18.0. The standard InChI is InChI=1S/C13H22O3S.C7H8O3S/c14-12-8-4-5-9-13(12)17(15,16)10-11-6-2-1-3-7-11;1-6-2-4-7(5-3-6)11(8,9)10/h11,13H,1-10H2;2-5H,1H3,(H,8,9,10). The monoisotopic (exact) mass is 430 g/mol. The van der Waals surface area contributed by atoms with Crippen molar-refractivity contribution in [2.45, 2.75) is 74.9 Å². The maximum atomic E-state index is 12.2. The molecule has 2 aliphatic rings. The van der Waals surface area contributed by atoms with E-state index in [-0.39, 0.29) is 16.4 Å². The third kappa shape index (κ3) is 6.97. The maximum Gasteiger partial charge on any atom is 0.294 e. The molecule has 1 unspecified atom stereocenters. The number of benzene rings is 1. The number of carbonyl (C=O) groups is 1. The first-order valence-electron chi connectivity index (χ1n) is 9.88. The molecular weight excluding hydrogens is 400 g/mol. The smallest absolute Gasteiger partial charge is 0.294 e. The summed E-state index contributed by atoms with van der Waals surface area (Å²) in [5, 5.41) is -0.668. The highest BCUT2D eigenvalue weighted by molar-refractivity contribution is 7.92. The van der Waals surface area contributed by atoms with Crippen LogP contribution >= 0.6 is 0 Å². The van der Waals surface area contributed by atoms with Crippen LogP contribution in [0.15, 0.2) is 29.2 Å². The Bertz CT molecular complexity index is 850. The molecule has 3 rings (SSSR count). The Labute approximate surface area is 168 Å². The van der Waals surface area contributed by atoms with Gasteiger partial charge in [-0.2, -0.15) is 8.42 Å². The van der Waals surface area contributed by atoms with Crippen LogP contribution < -0.4 is 0 Å². The molecule has 2 aliphatic carbocycles. The average molecular weight is 431 g/mol. The second-order valence-electron chi connectivity index (χ2n) is 7.82. The Balaban J connectivity index is 0.000000221. The summed E-state index contributed by atoms with van der Waals surface area (Å²) in [5.74, 6) is 0.527. The summed E-state index contributed by atoms with van der Waals surface area (Å²) in [7, 11) is -7.20. The Morgan fingerprint density at radius 3 is 2.00 bits per heavy atom. The predicted octanol–water partition coefficient (Wildman–Crippen LogP) is 3.73. The van der Waals surface area contributed by atoms with Gasteiger partial charge in [0.2, 0.25) is 0 Å². The van der Waals surface area contributed by atoms with E-state index in [1.807, 2.05) is 6.92 Å². The molecule has 0 bridgehead atoms. The average Bonchev–Trinajstić information content (AvgIpc) is 2.62. The zero-order valence-electron chi connectivity index (χ0n) is 16.3. The Kier molecular flexibility index (Phi) is 8.21. The third-order valence-electron chi connectivity index (χ3n) is 5.44. The van der Waals surface area contributed by atoms with Gasteiger partial charge in [0.25, 0.3) is 10.1 Å². The number of aryl methyl sites for hydroxylation is 1. The molecule has 1 aromatic rings. The van der Waals surface area contributed by atoms with E-state index >= 15 is 0 Å². The number of sulfone groups is 1. The van der Waals surface area contributed by atoms with E-state index in [4.69, 9.17) is 4.55 Å². The van der Waals surface area contributed by atoms with Crippen LogP contribution in [-0.4, -0.2) is 38.2 Å². The van der Waals surface area contributed by atoms with Gasteiger partial charge in [-0.05, 0) is 50.7 Å². The minimum Gasteiger partial charge on any atom is -0.298 e. The molecule has 1 aromatic carbocycles. The fraction of sp³-hybridized carbons (Fsp3) is 0.650. The molecule has 0 aliphatic heterocycles. The van der Waals surface area contributed by atoms with Crippen molar-refractivity contribution in [1.29, 1.82) is 0 Å². The molecule has 0 amide bonds. The van der Waals surface area contributed by atoms with E-state index in [1.54, 1.807) is 12.1 Å². The fourth-order valence-electron chi connectivity index (χ4n) is 3.84. The van der Waals surface area contributed by atoms with Crippen molar-refractivity contribution >= 4 is 25.7 Å². The van der Waals surface area contributed by atoms with Crippen LogP contribution in [0.5, 0.6) is 0 Å².